The molecule has 2 N–H and O–H groups in total. The second-order valence-electron chi connectivity index (χ2n) is 7.08. The lowest BCUT2D eigenvalue weighted by Crippen LogP contribution is -2.39. The molecular formula is C19H30BrIN6. The third kappa shape index (κ3) is 6.90. The monoisotopic (exact) mass is 548 g/mol. The predicted octanol–water partition coefficient (Wildman–Crippen LogP) is 3.50. The molecule has 150 valence electrons. The van der Waals surface area contributed by atoms with E-state index in [1.807, 2.05) is 36.0 Å². The van der Waals surface area contributed by atoms with Crippen LogP contribution in [0.2, 0.25) is 0 Å². The number of hydrogen-bond acceptors (Lipinski definition) is 3. The Balaban J connectivity index is 0.00000261. The molecule has 0 spiro atoms. The SMILES string of the molecule is CN=C(NCCCN1CCC(C)CC1)NCc1cn2cc(Br)ccc2n1.I. The molecule has 0 unspecified atom stereocenters. The van der Waals surface area contributed by atoms with Crippen LogP contribution in [0.15, 0.2) is 34.0 Å². The normalized spacial score (nSPS) is 16.3. The molecule has 6 nitrogen and oxygen atoms in total. The van der Waals surface area contributed by atoms with Crippen LogP contribution in [0.5, 0.6) is 0 Å². The summed E-state index contributed by atoms with van der Waals surface area (Å²) in [7, 11) is 1.81. The Morgan fingerprint density at radius 2 is 2.04 bits per heavy atom. The zero-order valence-electron chi connectivity index (χ0n) is 16.1. The van der Waals surface area contributed by atoms with Crippen molar-refractivity contribution in [2.75, 3.05) is 33.2 Å². The Hall–Kier alpha value is -0.870. The van der Waals surface area contributed by atoms with E-state index in [2.05, 4.69) is 48.4 Å². The van der Waals surface area contributed by atoms with Crippen LogP contribution < -0.4 is 10.6 Å². The first kappa shape index (κ1) is 22.4. The number of imidazole rings is 1. The van der Waals surface area contributed by atoms with Crippen molar-refractivity contribution in [1.29, 1.82) is 0 Å². The van der Waals surface area contributed by atoms with Gasteiger partial charge in [-0.05, 0) is 72.9 Å². The number of guanidine groups is 1. The van der Waals surface area contributed by atoms with E-state index in [0.717, 1.165) is 47.2 Å². The largest absolute Gasteiger partial charge is 0.356 e. The quantitative estimate of drug-likeness (QED) is 0.251. The van der Waals surface area contributed by atoms with Gasteiger partial charge in [0.1, 0.15) is 5.65 Å². The minimum absolute atomic E-state index is 0. The van der Waals surface area contributed by atoms with Crippen molar-refractivity contribution in [3.63, 3.8) is 0 Å². The molecule has 8 heteroatoms. The molecule has 0 amide bonds. The Morgan fingerprint density at radius 3 is 2.78 bits per heavy atom. The molecule has 1 aliphatic rings. The van der Waals surface area contributed by atoms with Crippen LogP contribution in [-0.2, 0) is 6.54 Å². The van der Waals surface area contributed by atoms with Gasteiger partial charge in [0.15, 0.2) is 5.96 Å². The molecule has 0 atom stereocenters. The molecule has 0 bridgehead atoms. The maximum absolute atomic E-state index is 4.61. The van der Waals surface area contributed by atoms with Gasteiger partial charge in [-0.25, -0.2) is 4.98 Å². The molecule has 27 heavy (non-hydrogen) atoms. The van der Waals surface area contributed by atoms with Gasteiger partial charge in [0.25, 0.3) is 0 Å². The molecular weight excluding hydrogens is 519 g/mol. The average molecular weight is 549 g/mol. The number of pyridine rings is 1. The van der Waals surface area contributed by atoms with Gasteiger partial charge in [0, 0.05) is 30.5 Å². The predicted molar refractivity (Wildman–Crippen MR) is 126 cm³/mol. The van der Waals surface area contributed by atoms with E-state index < -0.39 is 0 Å². The van der Waals surface area contributed by atoms with Crippen LogP contribution in [0.3, 0.4) is 0 Å². The summed E-state index contributed by atoms with van der Waals surface area (Å²) < 4.78 is 3.07. The standard InChI is InChI=1S/C19H29BrN6.HI/c1-15-6-10-25(11-7-15)9-3-8-22-19(21-2)23-12-17-14-26-13-16(20)4-5-18(26)24-17;/h4-5,13-15H,3,6-12H2,1-2H3,(H2,21,22,23);1H. The van der Waals surface area contributed by atoms with E-state index in [0.29, 0.717) is 6.54 Å². The van der Waals surface area contributed by atoms with Crippen molar-refractivity contribution in [1.82, 2.24) is 24.9 Å². The first-order valence-corrected chi connectivity index (χ1v) is 10.2. The van der Waals surface area contributed by atoms with E-state index in [4.69, 9.17) is 0 Å². The molecule has 0 aromatic carbocycles. The maximum Gasteiger partial charge on any atom is 0.191 e. The summed E-state index contributed by atoms with van der Waals surface area (Å²) in [4.78, 5) is 11.5. The minimum atomic E-state index is 0. The molecule has 1 saturated heterocycles. The Bertz CT molecular complexity index is 739. The van der Waals surface area contributed by atoms with Crippen LogP contribution in [0, 0.1) is 5.92 Å². The summed E-state index contributed by atoms with van der Waals surface area (Å²) in [5, 5.41) is 6.74. The molecule has 2 aromatic heterocycles. The van der Waals surface area contributed by atoms with Crippen molar-refractivity contribution in [3.8, 4) is 0 Å². The van der Waals surface area contributed by atoms with E-state index in [-0.39, 0.29) is 24.0 Å². The highest BCUT2D eigenvalue weighted by molar-refractivity contribution is 14.0. The van der Waals surface area contributed by atoms with Crippen molar-refractivity contribution in [3.05, 3.63) is 34.7 Å². The molecule has 1 aliphatic heterocycles. The van der Waals surface area contributed by atoms with Gasteiger partial charge in [-0.1, -0.05) is 6.92 Å². The Kier molecular flexibility index (Phi) is 9.31. The van der Waals surface area contributed by atoms with Gasteiger partial charge in [-0.15, -0.1) is 24.0 Å². The molecule has 0 radical (unpaired) electrons. The average Bonchev–Trinajstić information content (AvgIpc) is 3.04. The summed E-state index contributed by atoms with van der Waals surface area (Å²) in [5.41, 5.74) is 1.94. The van der Waals surface area contributed by atoms with Gasteiger partial charge >= 0.3 is 0 Å². The van der Waals surface area contributed by atoms with Crippen LogP contribution in [-0.4, -0.2) is 53.5 Å². The number of likely N-dealkylation sites (tertiary alicyclic amines) is 1. The number of aromatic nitrogens is 2. The van der Waals surface area contributed by atoms with Gasteiger partial charge in [-0.3, -0.25) is 4.99 Å². The van der Waals surface area contributed by atoms with Gasteiger partial charge < -0.3 is 19.9 Å². The van der Waals surface area contributed by atoms with Crippen molar-refractivity contribution < 1.29 is 0 Å². The first-order chi connectivity index (χ1) is 12.6. The molecule has 0 saturated carbocycles. The Morgan fingerprint density at radius 1 is 1.26 bits per heavy atom. The van der Waals surface area contributed by atoms with Crippen molar-refractivity contribution in [2.45, 2.75) is 32.7 Å². The zero-order valence-corrected chi connectivity index (χ0v) is 20.0. The maximum atomic E-state index is 4.61. The number of fused-ring (bicyclic) bond motifs is 1. The van der Waals surface area contributed by atoms with E-state index >= 15 is 0 Å². The number of nitrogens with zero attached hydrogens (tertiary/aromatic N) is 4. The zero-order chi connectivity index (χ0) is 18.4. The highest BCUT2D eigenvalue weighted by atomic mass is 127. The number of rotatable bonds is 6. The third-order valence-corrected chi connectivity index (χ3v) is 5.41. The molecule has 1 fully saturated rings. The molecule has 0 aliphatic carbocycles. The topological polar surface area (TPSA) is 57.0 Å². The van der Waals surface area contributed by atoms with E-state index in [1.54, 1.807) is 0 Å². The van der Waals surface area contributed by atoms with Crippen LogP contribution >= 0.6 is 39.9 Å². The van der Waals surface area contributed by atoms with E-state index in [1.165, 1.54) is 25.9 Å². The third-order valence-electron chi connectivity index (χ3n) is 4.95. The lowest BCUT2D eigenvalue weighted by Gasteiger charge is -2.30. The highest BCUT2D eigenvalue weighted by Crippen LogP contribution is 2.15. The summed E-state index contributed by atoms with van der Waals surface area (Å²) in [6, 6.07) is 4.00. The molecule has 3 heterocycles. The minimum Gasteiger partial charge on any atom is -0.356 e. The van der Waals surface area contributed by atoms with Gasteiger partial charge in [0.05, 0.1) is 12.2 Å². The smallest absolute Gasteiger partial charge is 0.191 e. The van der Waals surface area contributed by atoms with Crippen LogP contribution in [0.1, 0.15) is 31.9 Å². The summed E-state index contributed by atoms with van der Waals surface area (Å²) in [5.74, 6) is 1.73. The lowest BCUT2D eigenvalue weighted by atomic mass is 9.99. The number of hydrogen-bond donors (Lipinski definition) is 2. The summed E-state index contributed by atoms with van der Waals surface area (Å²) in [6.07, 6.45) is 7.87. The van der Waals surface area contributed by atoms with Gasteiger partial charge in [-0.2, -0.15) is 0 Å². The number of piperidine rings is 1. The second kappa shape index (κ2) is 11.2. The first-order valence-electron chi connectivity index (χ1n) is 9.44. The fourth-order valence-electron chi connectivity index (χ4n) is 3.29. The number of nitrogens with one attached hydrogen (secondary N) is 2. The van der Waals surface area contributed by atoms with E-state index in [9.17, 15) is 0 Å². The Labute approximate surface area is 187 Å². The van der Waals surface area contributed by atoms with Crippen molar-refractivity contribution in [2.24, 2.45) is 10.9 Å². The van der Waals surface area contributed by atoms with Gasteiger partial charge in [0.2, 0.25) is 0 Å². The van der Waals surface area contributed by atoms with Crippen LogP contribution in [0.4, 0.5) is 0 Å². The molecule has 2 aromatic rings. The fourth-order valence-corrected chi connectivity index (χ4v) is 3.65. The number of aliphatic imine (C=N–C) groups is 1. The molecule has 3 rings (SSSR count). The summed E-state index contributed by atoms with van der Waals surface area (Å²) in [6.45, 7) is 7.61. The fraction of sp³-hybridized carbons (Fsp3) is 0.579. The summed E-state index contributed by atoms with van der Waals surface area (Å²) >= 11 is 3.49. The lowest BCUT2D eigenvalue weighted by molar-refractivity contribution is 0.191. The van der Waals surface area contributed by atoms with Crippen molar-refractivity contribution >= 4 is 51.5 Å². The number of halogens is 2. The second-order valence-corrected chi connectivity index (χ2v) is 7.99. The highest BCUT2D eigenvalue weighted by Gasteiger charge is 2.14. The van der Waals surface area contributed by atoms with Crippen LogP contribution in [0.25, 0.3) is 5.65 Å².